The van der Waals surface area contributed by atoms with Gasteiger partial charge in [-0.15, -0.1) is 0 Å². The zero-order valence-electron chi connectivity index (χ0n) is 12.6. The van der Waals surface area contributed by atoms with Gasteiger partial charge in [0.1, 0.15) is 5.69 Å². The molecule has 0 aliphatic carbocycles. The Morgan fingerprint density at radius 3 is 2.50 bits per heavy atom. The van der Waals surface area contributed by atoms with Gasteiger partial charge in [-0.05, 0) is 49.4 Å². The normalized spacial score (nSPS) is 10.8. The van der Waals surface area contributed by atoms with Crippen molar-refractivity contribution in [1.29, 1.82) is 0 Å². The summed E-state index contributed by atoms with van der Waals surface area (Å²) in [7, 11) is 0. The van der Waals surface area contributed by atoms with Crippen LogP contribution in [0.25, 0.3) is 0 Å². The average molecular weight is 270 g/mol. The number of pyridine rings is 1. The van der Waals surface area contributed by atoms with Gasteiger partial charge in [-0.3, -0.25) is 4.79 Å². The van der Waals surface area contributed by atoms with Gasteiger partial charge in [0.2, 0.25) is 0 Å². The van der Waals surface area contributed by atoms with E-state index in [2.05, 4.69) is 44.0 Å². The summed E-state index contributed by atoms with van der Waals surface area (Å²) in [4.78, 5) is 14.7. The quantitative estimate of drug-likeness (QED) is 0.900. The topological polar surface area (TPSA) is 58.9 Å². The molecule has 106 valence electrons. The lowest BCUT2D eigenvalue weighted by Gasteiger charge is -2.15. The number of aromatic amines is 1. The number of nitrogens with one attached hydrogen (secondary N) is 1. The molecule has 2 rings (SSSR count). The number of aryl methyl sites for hydroxylation is 3. The first kappa shape index (κ1) is 14.4. The predicted molar refractivity (Wildman–Crippen MR) is 84.3 cm³/mol. The first-order valence-corrected chi connectivity index (χ1v) is 7.00. The van der Waals surface area contributed by atoms with E-state index in [9.17, 15) is 4.79 Å². The van der Waals surface area contributed by atoms with Crippen molar-refractivity contribution in [3.05, 3.63) is 62.1 Å². The molecule has 3 heteroatoms. The summed E-state index contributed by atoms with van der Waals surface area (Å²) in [6, 6.07) is 6.39. The first-order valence-electron chi connectivity index (χ1n) is 7.00. The first-order chi connectivity index (χ1) is 9.43. The van der Waals surface area contributed by atoms with E-state index in [1.165, 1.54) is 16.7 Å². The van der Waals surface area contributed by atoms with Gasteiger partial charge in [-0.25, -0.2) is 0 Å². The molecule has 0 radical (unpaired) electrons. The molecule has 0 aliphatic heterocycles. The van der Waals surface area contributed by atoms with Crippen LogP contribution < -0.4 is 11.3 Å². The van der Waals surface area contributed by atoms with Crippen LogP contribution in [-0.2, 0) is 12.8 Å². The van der Waals surface area contributed by atoms with Crippen LogP contribution in [-0.4, -0.2) is 4.98 Å². The Hall–Kier alpha value is -2.03. The predicted octanol–water partition coefficient (Wildman–Crippen LogP) is 3.04. The zero-order chi connectivity index (χ0) is 14.9. The number of aromatic nitrogens is 1. The number of nitrogens with two attached hydrogens (primary N) is 1. The average Bonchev–Trinajstić information content (AvgIpc) is 2.40. The fourth-order valence-corrected chi connectivity index (χ4v) is 2.70. The lowest BCUT2D eigenvalue weighted by Crippen LogP contribution is -2.19. The van der Waals surface area contributed by atoms with E-state index in [0.29, 0.717) is 12.1 Å². The van der Waals surface area contributed by atoms with Crippen LogP contribution in [0, 0.1) is 20.8 Å². The number of rotatable bonds is 3. The van der Waals surface area contributed by atoms with Gasteiger partial charge >= 0.3 is 0 Å². The molecular weight excluding hydrogens is 248 g/mol. The third-order valence-corrected chi connectivity index (χ3v) is 3.91. The SMILES string of the molecule is CCc1c(C)[nH]c(=O)c(N)c1Cc1cc(C)ccc1C. The van der Waals surface area contributed by atoms with Crippen LogP contribution in [0.2, 0.25) is 0 Å². The van der Waals surface area contributed by atoms with Gasteiger partial charge < -0.3 is 10.7 Å². The van der Waals surface area contributed by atoms with Crippen LogP contribution in [0.4, 0.5) is 5.69 Å². The van der Waals surface area contributed by atoms with E-state index in [1.807, 2.05) is 6.92 Å². The summed E-state index contributed by atoms with van der Waals surface area (Å²) in [5.74, 6) is 0. The third kappa shape index (κ3) is 2.62. The smallest absolute Gasteiger partial charge is 0.271 e. The zero-order valence-corrected chi connectivity index (χ0v) is 12.6. The van der Waals surface area contributed by atoms with Crippen LogP contribution in [0.3, 0.4) is 0 Å². The molecule has 1 heterocycles. The Bertz CT molecular complexity index is 699. The molecule has 0 bridgehead atoms. The van der Waals surface area contributed by atoms with Gasteiger partial charge in [0.25, 0.3) is 5.56 Å². The highest BCUT2D eigenvalue weighted by atomic mass is 16.1. The molecular formula is C17H22N2O. The second-order valence-corrected chi connectivity index (χ2v) is 5.41. The second kappa shape index (κ2) is 5.53. The Balaban J connectivity index is 2.58. The minimum atomic E-state index is -0.181. The number of nitrogen functional groups attached to an aromatic ring is 1. The van der Waals surface area contributed by atoms with E-state index >= 15 is 0 Å². The maximum atomic E-state index is 11.9. The second-order valence-electron chi connectivity index (χ2n) is 5.41. The molecule has 3 nitrogen and oxygen atoms in total. The number of anilines is 1. The molecule has 1 aromatic heterocycles. The molecule has 0 amide bonds. The minimum absolute atomic E-state index is 0.181. The Morgan fingerprint density at radius 2 is 1.85 bits per heavy atom. The summed E-state index contributed by atoms with van der Waals surface area (Å²) >= 11 is 0. The highest BCUT2D eigenvalue weighted by Gasteiger charge is 2.13. The number of H-pyrrole nitrogens is 1. The van der Waals surface area contributed by atoms with Crippen molar-refractivity contribution in [3.63, 3.8) is 0 Å². The molecule has 1 aromatic carbocycles. The molecule has 0 atom stereocenters. The van der Waals surface area contributed by atoms with Crippen LogP contribution in [0.5, 0.6) is 0 Å². The van der Waals surface area contributed by atoms with Gasteiger partial charge in [0.15, 0.2) is 0 Å². The van der Waals surface area contributed by atoms with Crippen LogP contribution in [0.15, 0.2) is 23.0 Å². The molecule has 0 spiro atoms. The lowest BCUT2D eigenvalue weighted by atomic mass is 9.93. The third-order valence-electron chi connectivity index (χ3n) is 3.91. The van der Waals surface area contributed by atoms with Crippen LogP contribution in [0.1, 0.15) is 40.4 Å². The van der Waals surface area contributed by atoms with Crippen molar-refractivity contribution in [3.8, 4) is 0 Å². The fraction of sp³-hybridized carbons (Fsp3) is 0.353. The highest BCUT2D eigenvalue weighted by molar-refractivity contribution is 5.53. The molecule has 0 saturated carbocycles. The monoisotopic (exact) mass is 270 g/mol. The van der Waals surface area contributed by atoms with Crippen LogP contribution >= 0.6 is 0 Å². The van der Waals surface area contributed by atoms with E-state index < -0.39 is 0 Å². The number of hydrogen-bond acceptors (Lipinski definition) is 2. The molecule has 0 unspecified atom stereocenters. The van der Waals surface area contributed by atoms with Crippen molar-refractivity contribution >= 4 is 5.69 Å². The van der Waals surface area contributed by atoms with Gasteiger partial charge in [0.05, 0.1) is 0 Å². The van der Waals surface area contributed by atoms with Gasteiger partial charge in [-0.2, -0.15) is 0 Å². The maximum absolute atomic E-state index is 11.9. The lowest BCUT2D eigenvalue weighted by molar-refractivity contribution is 0.976. The van der Waals surface area contributed by atoms with Crippen molar-refractivity contribution in [2.45, 2.75) is 40.5 Å². The molecule has 2 aromatic rings. The molecule has 3 N–H and O–H groups in total. The summed E-state index contributed by atoms with van der Waals surface area (Å²) in [6.45, 7) is 8.20. The standard InChI is InChI=1S/C17H22N2O/c1-5-14-12(4)19-17(20)16(18)15(14)9-13-8-10(2)6-7-11(13)3/h6-8H,5,9,18H2,1-4H3,(H,19,20). The van der Waals surface area contributed by atoms with E-state index in [4.69, 9.17) is 5.73 Å². The number of hydrogen-bond donors (Lipinski definition) is 2. The Kier molecular flexibility index (Phi) is 3.98. The van der Waals surface area contributed by atoms with Crippen molar-refractivity contribution in [2.24, 2.45) is 0 Å². The molecule has 20 heavy (non-hydrogen) atoms. The van der Waals surface area contributed by atoms with Gasteiger partial charge in [-0.1, -0.05) is 30.7 Å². The van der Waals surface area contributed by atoms with E-state index in [1.54, 1.807) is 0 Å². The minimum Gasteiger partial charge on any atom is -0.394 e. The van der Waals surface area contributed by atoms with Crippen molar-refractivity contribution in [2.75, 3.05) is 5.73 Å². The maximum Gasteiger partial charge on any atom is 0.271 e. The Labute approximate surface area is 119 Å². The molecule has 0 fully saturated rings. The highest BCUT2D eigenvalue weighted by Crippen LogP contribution is 2.23. The van der Waals surface area contributed by atoms with Crippen molar-refractivity contribution in [1.82, 2.24) is 4.98 Å². The Morgan fingerprint density at radius 1 is 1.15 bits per heavy atom. The summed E-state index contributed by atoms with van der Waals surface area (Å²) < 4.78 is 0. The molecule has 0 aliphatic rings. The van der Waals surface area contributed by atoms with Crippen molar-refractivity contribution < 1.29 is 0 Å². The fourth-order valence-electron chi connectivity index (χ4n) is 2.70. The van der Waals surface area contributed by atoms with Gasteiger partial charge in [0, 0.05) is 12.1 Å². The number of benzene rings is 1. The summed E-state index contributed by atoms with van der Waals surface area (Å²) in [6.07, 6.45) is 1.58. The van der Waals surface area contributed by atoms with E-state index in [-0.39, 0.29) is 5.56 Å². The summed E-state index contributed by atoms with van der Waals surface area (Å²) in [5.41, 5.74) is 12.9. The summed E-state index contributed by atoms with van der Waals surface area (Å²) in [5, 5.41) is 0. The molecule has 0 saturated heterocycles. The largest absolute Gasteiger partial charge is 0.394 e. The van der Waals surface area contributed by atoms with E-state index in [0.717, 1.165) is 23.2 Å².